The van der Waals surface area contributed by atoms with E-state index in [1.807, 2.05) is 63.2 Å². The maximum atomic E-state index is 12.5. The molecule has 0 fully saturated rings. The standard InChI is InChI=1S/C23H20N2O2/c1-14-11-16(3)21-20(12-14)25-23(27-21)18-10-9-15(2)19(13-18)24-22(26)17-7-5-4-6-8-17/h4-13H,1-3H3,(H,24,26). The Morgan fingerprint density at radius 1 is 0.926 bits per heavy atom. The van der Waals surface area contributed by atoms with Crippen molar-refractivity contribution in [3.05, 3.63) is 82.9 Å². The van der Waals surface area contributed by atoms with E-state index in [-0.39, 0.29) is 5.91 Å². The predicted molar refractivity (Wildman–Crippen MR) is 108 cm³/mol. The van der Waals surface area contributed by atoms with Gasteiger partial charge in [0.05, 0.1) is 0 Å². The second-order valence-corrected chi connectivity index (χ2v) is 6.80. The summed E-state index contributed by atoms with van der Waals surface area (Å²) >= 11 is 0. The van der Waals surface area contributed by atoms with Crippen LogP contribution in [0.25, 0.3) is 22.6 Å². The van der Waals surface area contributed by atoms with Crippen LogP contribution in [0.15, 0.2) is 65.1 Å². The van der Waals surface area contributed by atoms with Crippen LogP contribution >= 0.6 is 0 Å². The zero-order chi connectivity index (χ0) is 19.0. The predicted octanol–water partition coefficient (Wildman–Crippen LogP) is 5.67. The summed E-state index contributed by atoms with van der Waals surface area (Å²) in [5.74, 6) is 0.411. The summed E-state index contributed by atoms with van der Waals surface area (Å²) in [6.07, 6.45) is 0. The lowest BCUT2D eigenvalue weighted by Crippen LogP contribution is -2.12. The number of nitrogens with zero attached hydrogens (tertiary/aromatic N) is 1. The molecule has 0 aliphatic heterocycles. The molecule has 0 spiro atoms. The number of fused-ring (bicyclic) bond motifs is 1. The lowest BCUT2D eigenvalue weighted by Gasteiger charge is -2.09. The maximum absolute atomic E-state index is 12.5. The van der Waals surface area contributed by atoms with Crippen molar-refractivity contribution in [1.82, 2.24) is 4.98 Å². The van der Waals surface area contributed by atoms with Crippen LogP contribution in [0.4, 0.5) is 5.69 Å². The Kier molecular flexibility index (Phi) is 4.24. The number of benzene rings is 3. The average Bonchev–Trinajstić information content (AvgIpc) is 3.08. The van der Waals surface area contributed by atoms with Crippen LogP contribution < -0.4 is 5.32 Å². The summed E-state index contributed by atoms with van der Waals surface area (Å²) < 4.78 is 6.00. The summed E-state index contributed by atoms with van der Waals surface area (Å²) in [7, 11) is 0. The third-order valence-electron chi connectivity index (χ3n) is 4.59. The zero-order valence-electron chi connectivity index (χ0n) is 15.5. The second kappa shape index (κ2) is 6.72. The van der Waals surface area contributed by atoms with Gasteiger partial charge in [0, 0.05) is 16.8 Å². The van der Waals surface area contributed by atoms with Crippen LogP contribution in [0.3, 0.4) is 0 Å². The van der Waals surface area contributed by atoms with Gasteiger partial charge >= 0.3 is 0 Å². The van der Waals surface area contributed by atoms with Gasteiger partial charge in [0.15, 0.2) is 5.58 Å². The molecule has 4 nitrogen and oxygen atoms in total. The molecule has 27 heavy (non-hydrogen) atoms. The third-order valence-corrected chi connectivity index (χ3v) is 4.59. The van der Waals surface area contributed by atoms with Crippen molar-refractivity contribution in [3.8, 4) is 11.5 Å². The van der Waals surface area contributed by atoms with E-state index in [1.165, 1.54) is 0 Å². The molecule has 4 aromatic rings. The average molecular weight is 356 g/mol. The summed E-state index contributed by atoms with van der Waals surface area (Å²) in [6.45, 7) is 6.03. The van der Waals surface area contributed by atoms with Gasteiger partial charge in [0.1, 0.15) is 5.52 Å². The van der Waals surface area contributed by atoms with Crippen LogP contribution in [0, 0.1) is 20.8 Å². The third kappa shape index (κ3) is 3.34. The van der Waals surface area contributed by atoms with Crippen molar-refractivity contribution in [2.24, 2.45) is 0 Å². The highest BCUT2D eigenvalue weighted by molar-refractivity contribution is 6.04. The topological polar surface area (TPSA) is 55.1 Å². The van der Waals surface area contributed by atoms with Gasteiger partial charge in [-0.15, -0.1) is 0 Å². The Hall–Kier alpha value is -3.40. The van der Waals surface area contributed by atoms with E-state index in [0.717, 1.165) is 39.0 Å². The monoisotopic (exact) mass is 356 g/mol. The van der Waals surface area contributed by atoms with E-state index >= 15 is 0 Å². The molecule has 1 aromatic heterocycles. The van der Waals surface area contributed by atoms with Crippen molar-refractivity contribution in [3.63, 3.8) is 0 Å². The van der Waals surface area contributed by atoms with Crippen LogP contribution in [0.2, 0.25) is 0 Å². The lowest BCUT2D eigenvalue weighted by molar-refractivity contribution is 0.102. The fourth-order valence-electron chi connectivity index (χ4n) is 3.17. The van der Waals surface area contributed by atoms with E-state index in [4.69, 9.17) is 4.42 Å². The molecule has 134 valence electrons. The lowest BCUT2D eigenvalue weighted by atomic mass is 10.1. The maximum Gasteiger partial charge on any atom is 0.255 e. The number of aromatic nitrogens is 1. The van der Waals surface area contributed by atoms with Gasteiger partial charge in [-0.05, 0) is 67.8 Å². The molecule has 3 aromatic carbocycles. The molecule has 1 N–H and O–H groups in total. The number of amides is 1. The van der Waals surface area contributed by atoms with E-state index < -0.39 is 0 Å². The number of hydrogen-bond donors (Lipinski definition) is 1. The molecule has 4 rings (SSSR count). The highest BCUT2D eigenvalue weighted by Gasteiger charge is 2.13. The van der Waals surface area contributed by atoms with Crippen molar-refractivity contribution in [2.75, 3.05) is 5.32 Å². The van der Waals surface area contributed by atoms with Crippen LogP contribution in [0.5, 0.6) is 0 Å². The molecule has 0 saturated heterocycles. The molecular weight excluding hydrogens is 336 g/mol. The van der Waals surface area contributed by atoms with Gasteiger partial charge in [-0.1, -0.05) is 30.3 Å². The first-order valence-corrected chi connectivity index (χ1v) is 8.86. The SMILES string of the molecule is Cc1cc(C)c2oc(-c3ccc(C)c(NC(=O)c4ccccc4)c3)nc2c1. The Bertz CT molecular complexity index is 1140. The quantitative estimate of drug-likeness (QED) is 0.514. The highest BCUT2D eigenvalue weighted by atomic mass is 16.3. The highest BCUT2D eigenvalue weighted by Crippen LogP contribution is 2.30. The Balaban J connectivity index is 1.70. The van der Waals surface area contributed by atoms with Gasteiger partial charge in [0.2, 0.25) is 5.89 Å². The number of oxazole rings is 1. The van der Waals surface area contributed by atoms with Crippen LogP contribution in [0.1, 0.15) is 27.0 Å². The summed E-state index contributed by atoms with van der Waals surface area (Å²) in [5, 5.41) is 2.98. The summed E-state index contributed by atoms with van der Waals surface area (Å²) in [5.41, 5.74) is 7.03. The van der Waals surface area contributed by atoms with Crippen molar-refractivity contribution < 1.29 is 9.21 Å². The van der Waals surface area contributed by atoms with E-state index in [1.54, 1.807) is 12.1 Å². The second-order valence-electron chi connectivity index (χ2n) is 6.80. The van der Waals surface area contributed by atoms with Crippen molar-refractivity contribution in [2.45, 2.75) is 20.8 Å². The Morgan fingerprint density at radius 3 is 2.48 bits per heavy atom. The molecule has 0 bridgehead atoms. The molecular formula is C23H20N2O2. The van der Waals surface area contributed by atoms with Gasteiger partial charge in [-0.2, -0.15) is 0 Å². The number of anilines is 1. The van der Waals surface area contributed by atoms with E-state index in [9.17, 15) is 4.79 Å². The number of hydrogen-bond acceptors (Lipinski definition) is 3. The van der Waals surface area contributed by atoms with Crippen LogP contribution in [-0.4, -0.2) is 10.9 Å². The first-order valence-electron chi connectivity index (χ1n) is 8.86. The molecule has 1 amide bonds. The van der Waals surface area contributed by atoms with E-state index in [2.05, 4.69) is 16.4 Å². The minimum Gasteiger partial charge on any atom is -0.436 e. The smallest absolute Gasteiger partial charge is 0.255 e. The van der Waals surface area contributed by atoms with Gasteiger partial charge in [-0.25, -0.2) is 4.98 Å². The van der Waals surface area contributed by atoms with Crippen molar-refractivity contribution >= 4 is 22.7 Å². The normalized spacial score (nSPS) is 10.9. The molecule has 0 radical (unpaired) electrons. The number of carbonyl (C=O) groups is 1. The minimum atomic E-state index is -0.139. The fraction of sp³-hybridized carbons (Fsp3) is 0.130. The zero-order valence-corrected chi connectivity index (χ0v) is 15.5. The van der Waals surface area contributed by atoms with Gasteiger partial charge in [-0.3, -0.25) is 4.79 Å². The molecule has 0 atom stereocenters. The number of nitrogens with one attached hydrogen (secondary N) is 1. The fourth-order valence-corrected chi connectivity index (χ4v) is 3.17. The molecule has 0 aliphatic rings. The number of aryl methyl sites for hydroxylation is 3. The van der Waals surface area contributed by atoms with Crippen molar-refractivity contribution in [1.29, 1.82) is 0 Å². The summed E-state index contributed by atoms with van der Waals surface area (Å²) in [6, 6.07) is 19.1. The minimum absolute atomic E-state index is 0.139. The van der Waals surface area contributed by atoms with Gasteiger partial charge < -0.3 is 9.73 Å². The Labute approximate surface area is 157 Å². The molecule has 0 unspecified atom stereocenters. The van der Waals surface area contributed by atoms with E-state index in [0.29, 0.717) is 11.5 Å². The molecule has 0 saturated carbocycles. The largest absolute Gasteiger partial charge is 0.436 e. The molecule has 1 heterocycles. The summed E-state index contributed by atoms with van der Waals surface area (Å²) in [4.78, 5) is 17.1. The first kappa shape index (κ1) is 17.0. The van der Waals surface area contributed by atoms with Gasteiger partial charge in [0.25, 0.3) is 5.91 Å². The first-order chi connectivity index (χ1) is 13.0. The van der Waals surface area contributed by atoms with Crippen LogP contribution in [-0.2, 0) is 0 Å². The number of rotatable bonds is 3. The molecule has 4 heteroatoms. The molecule has 0 aliphatic carbocycles. The Morgan fingerprint density at radius 2 is 1.70 bits per heavy atom. The number of carbonyl (C=O) groups excluding carboxylic acids is 1.